The van der Waals surface area contributed by atoms with Crippen molar-refractivity contribution in [1.82, 2.24) is 5.32 Å². The molecular formula is C38H47NO12. The second kappa shape index (κ2) is 18.0. The molecule has 2 aromatic carbocycles. The zero-order chi connectivity index (χ0) is 37.1. The maximum absolute atomic E-state index is 13.8. The molecule has 1 saturated heterocycles. The first-order valence-electron chi connectivity index (χ1n) is 16.8. The van der Waals surface area contributed by atoms with Gasteiger partial charge in [-0.2, -0.15) is 0 Å². The Hall–Kier alpha value is -4.72. The fourth-order valence-electron chi connectivity index (χ4n) is 5.51. The van der Waals surface area contributed by atoms with Gasteiger partial charge in [0.25, 0.3) is 0 Å². The van der Waals surface area contributed by atoms with Gasteiger partial charge in [0.05, 0.1) is 18.2 Å². The molecule has 0 saturated carbocycles. The van der Waals surface area contributed by atoms with Crippen molar-refractivity contribution < 1.29 is 57.1 Å². The van der Waals surface area contributed by atoms with E-state index in [0.29, 0.717) is 17.5 Å². The molecule has 4 rings (SSSR count). The van der Waals surface area contributed by atoms with Crippen molar-refractivity contribution in [2.24, 2.45) is 5.92 Å². The molecule has 1 amide bonds. The molecule has 1 N–H and O–H groups in total. The van der Waals surface area contributed by atoms with E-state index in [1.54, 1.807) is 63.3 Å². The standard InChI is InChI=1S/C38H47NO12/c1-23-16-17-31(49-36(42)27-12-9-8-10-13-27)35-32(50-38(5,6)51-35)15-11-14-28-18-29(45-21-30(48-26(4)41)20-39-25(3)40)19-33(46-22-44-7)34(28)37(43)47-24(23)2/h8-14,16-19,23-24,30-32,35H,15,20-22H2,1-7H3,(H,39,40)/b14-11+,17-16-/t23-,24?,30?,31?,32?,35?/m1/s1. The van der Waals surface area contributed by atoms with Crippen LogP contribution in [0.25, 0.3) is 6.08 Å². The lowest BCUT2D eigenvalue weighted by Gasteiger charge is -2.26. The average molecular weight is 710 g/mol. The summed E-state index contributed by atoms with van der Waals surface area (Å²) in [5.74, 6) is -2.85. The molecule has 0 radical (unpaired) electrons. The van der Waals surface area contributed by atoms with Gasteiger partial charge in [-0.15, -0.1) is 0 Å². The summed E-state index contributed by atoms with van der Waals surface area (Å²) >= 11 is 0. The summed E-state index contributed by atoms with van der Waals surface area (Å²) in [6, 6.07) is 11.8. The smallest absolute Gasteiger partial charge is 0.342 e. The Balaban J connectivity index is 1.72. The molecule has 0 spiro atoms. The largest absolute Gasteiger partial charge is 0.489 e. The maximum atomic E-state index is 13.8. The van der Waals surface area contributed by atoms with E-state index < -0.39 is 54.2 Å². The van der Waals surface area contributed by atoms with Crippen LogP contribution in [0.15, 0.2) is 60.7 Å². The van der Waals surface area contributed by atoms with Crippen LogP contribution in [0, 0.1) is 5.92 Å². The number of amides is 1. The number of nitrogens with one attached hydrogen (secondary N) is 1. The zero-order valence-corrected chi connectivity index (χ0v) is 30.0. The Morgan fingerprint density at radius 1 is 1.02 bits per heavy atom. The molecule has 5 unspecified atom stereocenters. The summed E-state index contributed by atoms with van der Waals surface area (Å²) in [6.45, 7) is 9.60. The van der Waals surface area contributed by atoms with Crippen LogP contribution in [0.4, 0.5) is 0 Å². The van der Waals surface area contributed by atoms with Crippen molar-refractivity contribution in [3.05, 3.63) is 77.4 Å². The van der Waals surface area contributed by atoms with E-state index >= 15 is 0 Å². The van der Waals surface area contributed by atoms with Gasteiger partial charge in [0, 0.05) is 32.9 Å². The van der Waals surface area contributed by atoms with E-state index in [9.17, 15) is 19.2 Å². The van der Waals surface area contributed by atoms with Crippen molar-refractivity contribution in [2.45, 2.75) is 84.3 Å². The van der Waals surface area contributed by atoms with E-state index in [0.717, 1.165) is 0 Å². The van der Waals surface area contributed by atoms with Gasteiger partial charge < -0.3 is 43.2 Å². The molecule has 51 heavy (non-hydrogen) atoms. The normalized spacial score (nSPS) is 24.7. The summed E-state index contributed by atoms with van der Waals surface area (Å²) in [4.78, 5) is 50.3. The van der Waals surface area contributed by atoms with Gasteiger partial charge >= 0.3 is 17.9 Å². The Kier molecular flexibility index (Phi) is 13.8. The van der Waals surface area contributed by atoms with Crippen LogP contribution in [0.2, 0.25) is 0 Å². The fraction of sp³-hybridized carbons (Fsp3) is 0.474. The number of hydrogen-bond acceptors (Lipinski definition) is 12. The summed E-state index contributed by atoms with van der Waals surface area (Å²) in [7, 11) is 1.45. The maximum Gasteiger partial charge on any atom is 0.342 e. The molecule has 0 bridgehead atoms. The third-order valence-corrected chi connectivity index (χ3v) is 8.09. The van der Waals surface area contributed by atoms with Crippen molar-refractivity contribution in [3.63, 3.8) is 0 Å². The van der Waals surface area contributed by atoms with Crippen LogP contribution in [-0.4, -0.2) is 87.2 Å². The van der Waals surface area contributed by atoms with E-state index in [1.165, 1.54) is 27.0 Å². The van der Waals surface area contributed by atoms with Crippen molar-refractivity contribution in [1.29, 1.82) is 0 Å². The number of carbonyl (C=O) groups is 4. The molecule has 1 fully saturated rings. The first-order chi connectivity index (χ1) is 24.3. The Labute approximate surface area is 298 Å². The summed E-state index contributed by atoms with van der Waals surface area (Å²) in [5, 5.41) is 2.62. The lowest BCUT2D eigenvalue weighted by Crippen LogP contribution is -2.37. The van der Waals surface area contributed by atoms with Crippen LogP contribution in [0.3, 0.4) is 0 Å². The molecule has 6 atom stereocenters. The highest BCUT2D eigenvalue weighted by atomic mass is 16.8. The van der Waals surface area contributed by atoms with Gasteiger partial charge in [-0.1, -0.05) is 43.4 Å². The highest BCUT2D eigenvalue weighted by molar-refractivity contribution is 5.97. The summed E-state index contributed by atoms with van der Waals surface area (Å²) in [6.07, 6.45) is 4.00. The lowest BCUT2D eigenvalue weighted by molar-refractivity contribution is -0.152. The van der Waals surface area contributed by atoms with Crippen LogP contribution in [0.5, 0.6) is 11.5 Å². The highest BCUT2D eigenvalue weighted by Gasteiger charge is 2.45. The monoisotopic (exact) mass is 709 g/mol. The van der Waals surface area contributed by atoms with Gasteiger partial charge in [-0.25, -0.2) is 9.59 Å². The number of fused-ring (bicyclic) bond motifs is 2. The molecule has 2 heterocycles. The lowest BCUT2D eigenvalue weighted by atomic mass is 9.98. The highest BCUT2D eigenvalue weighted by Crippen LogP contribution is 2.36. The predicted molar refractivity (Wildman–Crippen MR) is 185 cm³/mol. The SMILES string of the molecule is COCOc1cc(OCC(CNC(C)=O)OC(C)=O)cc2c1C(=O)OC(C)[C@H](C)/C=C\C(OC(=O)c1ccccc1)C1OC(C)(C)OC1C/C=C/2. The van der Waals surface area contributed by atoms with Crippen molar-refractivity contribution in [3.8, 4) is 11.5 Å². The van der Waals surface area contributed by atoms with Gasteiger partial charge in [-0.05, 0) is 57.0 Å². The zero-order valence-electron chi connectivity index (χ0n) is 30.0. The van der Waals surface area contributed by atoms with Gasteiger partial charge in [0.15, 0.2) is 18.7 Å². The number of ether oxygens (including phenoxy) is 8. The molecule has 2 aromatic rings. The summed E-state index contributed by atoms with van der Waals surface area (Å²) in [5.41, 5.74) is 0.940. The molecule has 0 aromatic heterocycles. The van der Waals surface area contributed by atoms with E-state index in [2.05, 4.69) is 5.32 Å². The van der Waals surface area contributed by atoms with Gasteiger partial charge in [0.2, 0.25) is 5.91 Å². The number of benzene rings is 2. The van der Waals surface area contributed by atoms with E-state index in [4.69, 9.17) is 37.9 Å². The topological polar surface area (TPSA) is 154 Å². The number of esters is 3. The van der Waals surface area contributed by atoms with Gasteiger partial charge in [-0.3, -0.25) is 9.59 Å². The first kappa shape index (κ1) is 39.1. The number of cyclic esters (lactones) is 1. The first-order valence-corrected chi connectivity index (χ1v) is 16.8. The molecule has 0 aliphatic carbocycles. The quantitative estimate of drug-likeness (QED) is 0.144. The van der Waals surface area contributed by atoms with Gasteiger partial charge in [0.1, 0.15) is 42.0 Å². The van der Waals surface area contributed by atoms with Crippen LogP contribution >= 0.6 is 0 Å². The minimum Gasteiger partial charge on any atom is -0.489 e. The van der Waals surface area contributed by atoms with Crippen molar-refractivity contribution in [2.75, 3.05) is 27.1 Å². The Morgan fingerprint density at radius 3 is 2.45 bits per heavy atom. The van der Waals surface area contributed by atoms with Crippen LogP contribution in [-0.2, 0) is 38.0 Å². The van der Waals surface area contributed by atoms with Crippen LogP contribution in [0.1, 0.15) is 74.2 Å². The molecule has 2 aliphatic rings. The number of rotatable bonds is 11. The molecule has 276 valence electrons. The minimum atomic E-state index is -0.976. The predicted octanol–water partition coefficient (Wildman–Crippen LogP) is 5.02. The fourth-order valence-corrected chi connectivity index (χ4v) is 5.51. The van der Waals surface area contributed by atoms with Crippen molar-refractivity contribution >= 4 is 29.9 Å². The molecular weight excluding hydrogens is 662 g/mol. The average Bonchev–Trinajstić information content (AvgIpc) is 3.39. The van der Waals surface area contributed by atoms with E-state index in [1.807, 2.05) is 25.1 Å². The minimum absolute atomic E-state index is 0.0340. The van der Waals surface area contributed by atoms with E-state index in [-0.39, 0.29) is 48.8 Å². The number of carbonyl (C=O) groups excluding carboxylic acids is 4. The second-order valence-electron chi connectivity index (χ2n) is 12.8. The second-order valence-corrected chi connectivity index (χ2v) is 12.8. The number of hydrogen-bond donors (Lipinski definition) is 1. The third-order valence-electron chi connectivity index (χ3n) is 8.09. The Bertz CT molecular complexity index is 1590. The summed E-state index contributed by atoms with van der Waals surface area (Å²) < 4.78 is 46.9. The molecule has 13 heteroatoms. The molecule has 2 aliphatic heterocycles. The third kappa shape index (κ3) is 11.4. The Morgan fingerprint density at radius 2 is 1.76 bits per heavy atom. The number of methoxy groups -OCH3 is 1. The van der Waals surface area contributed by atoms with Crippen LogP contribution < -0.4 is 14.8 Å². The molecule has 13 nitrogen and oxygen atoms in total.